The van der Waals surface area contributed by atoms with E-state index in [1.807, 2.05) is 30.3 Å². The highest BCUT2D eigenvalue weighted by Crippen LogP contribution is 2.34. The number of fused-ring (bicyclic) bond motifs is 2. The molecule has 0 saturated heterocycles. The van der Waals surface area contributed by atoms with Crippen LogP contribution in [0.2, 0.25) is 0 Å². The molecule has 1 heterocycles. The van der Waals surface area contributed by atoms with Crippen molar-refractivity contribution in [3.63, 3.8) is 0 Å². The molecule has 0 saturated carbocycles. The maximum atomic E-state index is 11.4. The number of benzene rings is 3. The van der Waals surface area contributed by atoms with Gasteiger partial charge in [-0.15, -0.1) is 0 Å². The number of carbonyl (C=O) groups is 1. The van der Waals surface area contributed by atoms with E-state index < -0.39 is 0 Å². The summed E-state index contributed by atoms with van der Waals surface area (Å²) >= 11 is 1.08. The molecule has 1 amide bonds. The Morgan fingerprint density at radius 2 is 1.55 bits per heavy atom. The van der Waals surface area contributed by atoms with Gasteiger partial charge < -0.3 is 5.73 Å². The molecule has 0 bridgehead atoms. The molecule has 106 valence electrons. The minimum atomic E-state index is -0.256. The van der Waals surface area contributed by atoms with Gasteiger partial charge in [-0.2, -0.15) is 4.99 Å². The van der Waals surface area contributed by atoms with E-state index in [9.17, 15) is 4.79 Å². The van der Waals surface area contributed by atoms with E-state index in [2.05, 4.69) is 35.3 Å². The number of thioether (sulfide) groups is 1. The first-order valence-electron chi connectivity index (χ1n) is 6.91. The zero-order valence-corrected chi connectivity index (χ0v) is 12.4. The number of amides is 1. The Labute approximate surface area is 131 Å². The summed E-state index contributed by atoms with van der Waals surface area (Å²) in [7, 11) is 0. The van der Waals surface area contributed by atoms with Crippen molar-refractivity contribution in [2.45, 2.75) is 0 Å². The molecule has 0 aliphatic carbocycles. The zero-order valence-electron chi connectivity index (χ0n) is 11.6. The minimum absolute atomic E-state index is 0.256. The Hall–Kier alpha value is -2.59. The van der Waals surface area contributed by atoms with Crippen LogP contribution in [0.3, 0.4) is 0 Å². The Morgan fingerprint density at radius 3 is 2.09 bits per heavy atom. The lowest BCUT2D eigenvalue weighted by molar-refractivity contribution is 0.268. The summed E-state index contributed by atoms with van der Waals surface area (Å²) < 4.78 is 0. The maximum absolute atomic E-state index is 11.4. The quantitative estimate of drug-likeness (QED) is 0.671. The third-order valence-corrected chi connectivity index (χ3v) is 4.56. The maximum Gasteiger partial charge on any atom is 0.311 e. The second kappa shape index (κ2) is 5.00. The van der Waals surface area contributed by atoms with E-state index in [4.69, 9.17) is 5.73 Å². The summed E-state index contributed by atoms with van der Waals surface area (Å²) in [5.41, 5.74) is 6.92. The molecule has 3 aromatic carbocycles. The van der Waals surface area contributed by atoms with E-state index in [1.165, 1.54) is 0 Å². The largest absolute Gasteiger partial charge is 0.383 e. The monoisotopic (exact) mass is 304 g/mol. The van der Waals surface area contributed by atoms with Crippen LogP contribution in [0.25, 0.3) is 27.6 Å². The second-order valence-corrected chi connectivity index (χ2v) is 6.10. The number of amidine groups is 1. The molecule has 4 rings (SSSR count). The van der Waals surface area contributed by atoms with Gasteiger partial charge in [-0.1, -0.05) is 48.5 Å². The van der Waals surface area contributed by atoms with Crippen LogP contribution >= 0.6 is 11.8 Å². The van der Waals surface area contributed by atoms with Crippen molar-refractivity contribution in [1.82, 2.24) is 0 Å². The summed E-state index contributed by atoms with van der Waals surface area (Å²) in [6.45, 7) is 0. The van der Waals surface area contributed by atoms with Crippen molar-refractivity contribution in [3.8, 4) is 0 Å². The fraction of sp³-hybridized carbons (Fsp3) is 0. The number of rotatable bonds is 1. The highest BCUT2D eigenvalue weighted by molar-refractivity contribution is 8.18. The normalized spacial score (nSPS) is 16.6. The first kappa shape index (κ1) is 13.1. The predicted molar refractivity (Wildman–Crippen MR) is 94.0 cm³/mol. The molecule has 0 atom stereocenters. The van der Waals surface area contributed by atoms with Crippen LogP contribution in [-0.2, 0) is 0 Å². The molecule has 1 aliphatic rings. The van der Waals surface area contributed by atoms with Crippen LogP contribution < -0.4 is 5.73 Å². The first-order chi connectivity index (χ1) is 10.7. The van der Waals surface area contributed by atoms with Crippen molar-refractivity contribution < 1.29 is 4.79 Å². The highest BCUT2D eigenvalue weighted by Gasteiger charge is 2.19. The van der Waals surface area contributed by atoms with Crippen molar-refractivity contribution in [2.24, 2.45) is 10.7 Å². The van der Waals surface area contributed by atoms with Crippen LogP contribution in [0.1, 0.15) is 5.56 Å². The van der Waals surface area contributed by atoms with Crippen LogP contribution in [0.5, 0.6) is 0 Å². The van der Waals surface area contributed by atoms with Crippen LogP contribution in [0.15, 0.2) is 64.5 Å². The molecule has 3 nitrogen and oxygen atoms in total. The molecule has 4 heteroatoms. The van der Waals surface area contributed by atoms with Crippen LogP contribution in [0, 0.1) is 0 Å². The zero-order chi connectivity index (χ0) is 15.1. The van der Waals surface area contributed by atoms with E-state index >= 15 is 0 Å². The fourth-order valence-electron chi connectivity index (χ4n) is 2.76. The molecule has 0 aromatic heterocycles. The fourth-order valence-corrected chi connectivity index (χ4v) is 3.42. The molecule has 2 N–H and O–H groups in total. The van der Waals surface area contributed by atoms with Gasteiger partial charge in [0.1, 0.15) is 5.84 Å². The number of hydrogen-bond donors (Lipinski definition) is 1. The van der Waals surface area contributed by atoms with Crippen molar-refractivity contribution in [1.29, 1.82) is 0 Å². The van der Waals surface area contributed by atoms with Gasteiger partial charge in [0, 0.05) is 0 Å². The topological polar surface area (TPSA) is 55.4 Å². The van der Waals surface area contributed by atoms with Crippen LogP contribution in [0.4, 0.5) is 4.79 Å². The third kappa shape index (κ3) is 2.09. The van der Waals surface area contributed by atoms with E-state index in [0.29, 0.717) is 10.7 Å². The summed E-state index contributed by atoms with van der Waals surface area (Å²) in [5.74, 6) is 0.298. The molecule has 0 radical (unpaired) electrons. The second-order valence-electron chi connectivity index (χ2n) is 5.11. The lowest BCUT2D eigenvalue weighted by Gasteiger charge is -2.09. The van der Waals surface area contributed by atoms with Gasteiger partial charge in [-0.25, -0.2) is 0 Å². The standard InChI is InChI=1S/C18H12N2OS/c19-17-16(22-18(21)20-17)10-15-13-7-3-1-5-11(13)9-12-6-2-4-8-14(12)15/h1-10H,(H2,19,20,21)/b16-10-. The Kier molecular flexibility index (Phi) is 2.98. The van der Waals surface area contributed by atoms with Crippen molar-refractivity contribution in [3.05, 3.63) is 65.1 Å². The van der Waals surface area contributed by atoms with Gasteiger partial charge in [0.2, 0.25) is 0 Å². The average Bonchev–Trinajstić information content (AvgIpc) is 2.84. The average molecular weight is 304 g/mol. The Balaban J connectivity index is 2.07. The SMILES string of the molecule is NC1=NC(=O)S/C1=C\c1c2ccccc2cc2ccccc12. The molecule has 0 unspecified atom stereocenters. The number of nitrogens with zero attached hydrogens (tertiary/aromatic N) is 1. The van der Waals surface area contributed by atoms with Gasteiger partial charge >= 0.3 is 5.24 Å². The molecule has 0 spiro atoms. The van der Waals surface area contributed by atoms with Crippen molar-refractivity contribution in [2.75, 3.05) is 0 Å². The van der Waals surface area contributed by atoms with E-state index in [0.717, 1.165) is 38.9 Å². The third-order valence-electron chi connectivity index (χ3n) is 3.75. The smallest absolute Gasteiger partial charge is 0.311 e. The molecular formula is C18H12N2OS. The Bertz CT molecular complexity index is 935. The molecular weight excluding hydrogens is 292 g/mol. The summed E-state index contributed by atoms with van der Waals surface area (Å²) in [6.07, 6.45) is 1.97. The highest BCUT2D eigenvalue weighted by atomic mass is 32.2. The Morgan fingerprint density at radius 1 is 0.955 bits per heavy atom. The molecule has 0 fully saturated rings. The number of hydrogen-bond acceptors (Lipinski definition) is 3. The number of carbonyl (C=O) groups excluding carboxylic acids is 1. The number of aliphatic imine (C=N–C) groups is 1. The first-order valence-corrected chi connectivity index (χ1v) is 7.72. The van der Waals surface area contributed by atoms with Gasteiger partial charge in [-0.05, 0) is 51.0 Å². The summed E-state index contributed by atoms with van der Waals surface area (Å²) in [6, 6.07) is 18.6. The molecule has 1 aliphatic heterocycles. The lowest BCUT2D eigenvalue weighted by Crippen LogP contribution is -2.08. The van der Waals surface area contributed by atoms with Gasteiger partial charge in [-0.3, -0.25) is 4.79 Å². The number of nitrogens with two attached hydrogens (primary N) is 1. The predicted octanol–water partition coefficient (Wildman–Crippen LogP) is 4.56. The van der Waals surface area contributed by atoms with Gasteiger partial charge in [0.05, 0.1) is 4.91 Å². The lowest BCUT2D eigenvalue weighted by atomic mass is 9.96. The van der Waals surface area contributed by atoms with E-state index in [-0.39, 0.29) is 5.24 Å². The molecule has 22 heavy (non-hydrogen) atoms. The molecule has 3 aromatic rings. The van der Waals surface area contributed by atoms with E-state index in [1.54, 1.807) is 0 Å². The van der Waals surface area contributed by atoms with Crippen molar-refractivity contribution >= 4 is 50.5 Å². The minimum Gasteiger partial charge on any atom is -0.383 e. The summed E-state index contributed by atoms with van der Waals surface area (Å²) in [5, 5.41) is 4.35. The summed E-state index contributed by atoms with van der Waals surface area (Å²) in [4.78, 5) is 15.9. The van der Waals surface area contributed by atoms with Gasteiger partial charge in [0.25, 0.3) is 0 Å². The van der Waals surface area contributed by atoms with Crippen LogP contribution in [-0.4, -0.2) is 11.1 Å². The van der Waals surface area contributed by atoms with Gasteiger partial charge in [0.15, 0.2) is 0 Å².